The van der Waals surface area contributed by atoms with Gasteiger partial charge in [0.25, 0.3) is 0 Å². The highest BCUT2D eigenvalue weighted by atomic mass is 16.3. The maximum absolute atomic E-state index is 12.7. The zero-order chi connectivity index (χ0) is 18.8. The molecule has 0 fully saturated rings. The highest BCUT2D eigenvalue weighted by molar-refractivity contribution is 5.84. The molecule has 0 aliphatic heterocycles. The first-order valence-electron chi connectivity index (χ1n) is 8.87. The van der Waals surface area contributed by atoms with Crippen LogP contribution in [0.3, 0.4) is 0 Å². The summed E-state index contributed by atoms with van der Waals surface area (Å²) in [6.07, 6.45) is 0.228. The Balaban J connectivity index is 2.20. The number of likely N-dealkylation sites (N-methyl/N-ethyl adjacent to an activating group) is 1. The van der Waals surface area contributed by atoms with E-state index in [1.807, 2.05) is 39.8 Å². The second-order valence-electron chi connectivity index (χ2n) is 6.39. The van der Waals surface area contributed by atoms with Crippen molar-refractivity contribution in [1.29, 1.82) is 0 Å². The Labute approximate surface area is 153 Å². The van der Waals surface area contributed by atoms with E-state index < -0.39 is 0 Å². The molecule has 0 aliphatic rings. The van der Waals surface area contributed by atoms with E-state index in [0.717, 1.165) is 22.5 Å². The molecule has 0 aliphatic carbocycles. The van der Waals surface area contributed by atoms with Crippen molar-refractivity contribution >= 4 is 11.6 Å². The summed E-state index contributed by atoms with van der Waals surface area (Å²) in [4.78, 5) is 19.2. The number of fused-ring (bicyclic) bond motifs is 1. The van der Waals surface area contributed by atoms with Gasteiger partial charge in [-0.2, -0.15) is 5.10 Å². The van der Waals surface area contributed by atoms with Gasteiger partial charge in [0.1, 0.15) is 5.75 Å². The third-order valence-corrected chi connectivity index (χ3v) is 4.55. The molecule has 2 heterocycles. The molecule has 0 radical (unpaired) electrons. The maximum atomic E-state index is 12.7. The minimum atomic E-state index is 0.0484. The second kappa shape index (κ2) is 7.15. The molecule has 3 aromatic rings. The van der Waals surface area contributed by atoms with E-state index in [1.165, 1.54) is 0 Å². The van der Waals surface area contributed by atoms with Crippen LogP contribution in [0.1, 0.15) is 30.8 Å². The smallest absolute Gasteiger partial charge is 0.227 e. The monoisotopic (exact) mass is 352 g/mol. The molecule has 1 N–H and O–H groups in total. The highest BCUT2D eigenvalue weighted by Crippen LogP contribution is 2.29. The number of phenolic OH excluding ortho intramolecular Hbond substituents is 1. The molecule has 2 aromatic heterocycles. The minimum absolute atomic E-state index is 0.0484. The highest BCUT2D eigenvalue weighted by Gasteiger charge is 2.22. The van der Waals surface area contributed by atoms with Crippen molar-refractivity contribution in [1.82, 2.24) is 19.5 Å². The zero-order valence-electron chi connectivity index (χ0n) is 15.7. The lowest BCUT2D eigenvalue weighted by Gasteiger charge is -2.18. The van der Waals surface area contributed by atoms with Crippen LogP contribution in [-0.4, -0.2) is 43.6 Å². The van der Waals surface area contributed by atoms with Crippen molar-refractivity contribution in [2.75, 3.05) is 13.1 Å². The van der Waals surface area contributed by atoms with E-state index in [9.17, 15) is 9.90 Å². The molecule has 0 atom stereocenters. The van der Waals surface area contributed by atoms with Crippen molar-refractivity contribution in [3.8, 4) is 17.0 Å². The van der Waals surface area contributed by atoms with E-state index in [-0.39, 0.29) is 18.1 Å². The number of rotatable bonds is 5. The Morgan fingerprint density at radius 1 is 1.19 bits per heavy atom. The molecule has 0 unspecified atom stereocenters. The largest absolute Gasteiger partial charge is 0.508 e. The molecule has 1 aromatic carbocycles. The lowest BCUT2D eigenvalue weighted by Crippen LogP contribution is -2.31. The fourth-order valence-corrected chi connectivity index (χ4v) is 3.25. The van der Waals surface area contributed by atoms with E-state index in [2.05, 4.69) is 4.98 Å². The number of aromatic hydroxyl groups is 1. The molecule has 3 rings (SSSR count). The van der Waals surface area contributed by atoms with Crippen LogP contribution in [0.2, 0.25) is 0 Å². The van der Waals surface area contributed by atoms with Crippen LogP contribution in [0.5, 0.6) is 5.75 Å². The summed E-state index contributed by atoms with van der Waals surface area (Å²) in [5.41, 5.74) is 4.78. The van der Waals surface area contributed by atoms with Crippen LogP contribution in [0, 0.1) is 13.8 Å². The number of carbonyl (C=O) groups is 1. The van der Waals surface area contributed by atoms with Gasteiger partial charge in [0.05, 0.1) is 12.1 Å². The standard InChI is InChI=1S/C20H24N4O2/c1-5-23(6-2)18(26)12-17-19(15-8-7-9-16(25)11-15)22-24-14(4)10-13(3)21-20(17)24/h7-11,25H,5-6,12H2,1-4H3. The maximum Gasteiger partial charge on any atom is 0.227 e. The number of phenols is 1. The Kier molecular flexibility index (Phi) is 4.93. The number of hydrogen-bond acceptors (Lipinski definition) is 4. The summed E-state index contributed by atoms with van der Waals surface area (Å²) in [5, 5.41) is 14.6. The number of carbonyl (C=O) groups excluding carboxylic acids is 1. The van der Waals surface area contributed by atoms with Crippen LogP contribution < -0.4 is 0 Å². The number of aryl methyl sites for hydroxylation is 2. The number of amides is 1. The van der Waals surface area contributed by atoms with E-state index in [0.29, 0.717) is 24.4 Å². The first-order chi connectivity index (χ1) is 12.4. The topological polar surface area (TPSA) is 70.7 Å². The SMILES string of the molecule is CCN(CC)C(=O)Cc1c(-c2cccc(O)c2)nn2c(C)cc(C)nc12. The number of nitrogens with zero attached hydrogens (tertiary/aromatic N) is 4. The second-order valence-corrected chi connectivity index (χ2v) is 6.39. The molecular weight excluding hydrogens is 328 g/mol. The van der Waals surface area contributed by atoms with Gasteiger partial charge in [-0.15, -0.1) is 0 Å². The molecule has 6 nitrogen and oxygen atoms in total. The van der Waals surface area contributed by atoms with Gasteiger partial charge in [-0.25, -0.2) is 9.50 Å². The van der Waals surface area contributed by atoms with E-state index in [1.54, 1.807) is 27.6 Å². The van der Waals surface area contributed by atoms with Gasteiger partial charge >= 0.3 is 0 Å². The zero-order valence-corrected chi connectivity index (χ0v) is 15.7. The van der Waals surface area contributed by atoms with Gasteiger partial charge in [-0.05, 0) is 45.9 Å². The predicted molar refractivity (Wildman–Crippen MR) is 101 cm³/mol. The number of hydrogen-bond donors (Lipinski definition) is 1. The summed E-state index contributed by atoms with van der Waals surface area (Å²) in [5.74, 6) is 0.216. The van der Waals surface area contributed by atoms with Gasteiger partial charge < -0.3 is 10.0 Å². The van der Waals surface area contributed by atoms with E-state index >= 15 is 0 Å². The minimum Gasteiger partial charge on any atom is -0.508 e. The van der Waals surface area contributed by atoms with Crippen molar-refractivity contribution in [2.45, 2.75) is 34.1 Å². The first kappa shape index (κ1) is 17.9. The molecule has 26 heavy (non-hydrogen) atoms. The molecule has 136 valence electrons. The molecule has 0 saturated heterocycles. The Morgan fingerprint density at radius 2 is 1.92 bits per heavy atom. The molecule has 0 spiro atoms. The van der Waals surface area contributed by atoms with Crippen LogP contribution in [0.25, 0.3) is 16.9 Å². The summed E-state index contributed by atoms with van der Waals surface area (Å²) >= 11 is 0. The third kappa shape index (κ3) is 3.27. The third-order valence-electron chi connectivity index (χ3n) is 4.55. The van der Waals surface area contributed by atoms with Gasteiger partial charge in [0.15, 0.2) is 5.65 Å². The van der Waals surface area contributed by atoms with Crippen LogP contribution in [-0.2, 0) is 11.2 Å². The average Bonchev–Trinajstić information content (AvgIpc) is 2.95. The quantitative estimate of drug-likeness (QED) is 0.766. The summed E-state index contributed by atoms with van der Waals surface area (Å²) in [6, 6.07) is 8.90. The van der Waals surface area contributed by atoms with Gasteiger partial charge in [-0.1, -0.05) is 12.1 Å². The van der Waals surface area contributed by atoms with Crippen LogP contribution >= 0.6 is 0 Å². The fourth-order valence-electron chi connectivity index (χ4n) is 3.25. The number of benzene rings is 1. The fraction of sp³-hybridized carbons (Fsp3) is 0.350. The summed E-state index contributed by atoms with van der Waals surface area (Å²) < 4.78 is 1.78. The first-order valence-corrected chi connectivity index (χ1v) is 8.87. The molecular formula is C20H24N4O2. The summed E-state index contributed by atoms with van der Waals surface area (Å²) in [6.45, 7) is 9.18. The Hall–Kier alpha value is -2.89. The number of aromatic nitrogens is 3. The Morgan fingerprint density at radius 3 is 2.58 bits per heavy atom. The normalized spacial score (nSPS) is 11.1. The van der Waals surface area contributed by atoms with Gasteiger partial charge in [0.2, 0.25) is 5.91 Å². The Bertz CT molecular complexity index is 958. The average molecular weight is 352 g/mol. The summed E-state index contributed by atoms with van der Waals surface area (Å²) in [7, 11) is 0. The molecule has 6 heteroatoms. The predicted octanol–water partition coefficient (Wildman–Crippen LogP) is 3.13. The van der Waals surface area contributed by atoms with Crippen LogP contribution in [0.15, 0.2) is 30.3 Å². The molecule has 0 bridgehead atoms. The molecule has 1 amide bonds. The van der Waals surface area contributed by atoms with Crippen molar-refractivity contribution < 1.29 is 9.90 Å². The van der Waals surface area contributed by atoms with Crippen LogP contribution in [0.4, 0.5) is 0 Å². The lowest BCUT2D eigenvalue weighted by molar-refractivity contribution is -0.130. The van der Waals surface area contributed by atoms with Crippen molar-refractivity contribution in [3.05, 3.63) is 47.3 Å². The molecule has 0 saturated carbocycles. The van der Waals surface area contributed by atoms with Crippen molar-refractivity contribution in [3.63, 3.8) is 0 Å². The van der Waals surface area contributed by atoms with Gasteiger partial charge in [-0.3, -0.25) is 4.79 Å². The van der Waals surface area contributed by atoms with E-state index in [4.69, 9.17) is 5.10 Å². The van der Waals surface area contributed by atoms with Crippen molar-refractivity contribution in [2.24, 2.45) is 0 Å². The van der Waals surface area contributed by atoms with Gasteiger partial charge in [0, 0.05) is 35.6 Å². The lowest BCUT2D eigenvalue weighted by atomic mass is 10.0.